The molecule has 1 N–H and O–H groups in total. The molecular formula is C18H16FN5O4. The van der Waals surface area contributed by atoms with E-state index in [9.17, 15) is 19.3 Å². The zero-order chi connectivity index (χ0) is 20.1. The van der Waals surface area contributed by atoms with Gasteiger partial charge in [0.1, 0.15) is 12.3 Å². The summed E-state index contributed by atoms with van der Waals surface area (Å²) in [4.78, 5) is 25.4. The van der Waals surface area contributed by atoms with Crippen LogP contribution in [0.3, 0.4) is 0 Å². The molecule has 0 saturated heterocycles. The number of rotatable bonds is 7. The van der Waals surface area contributed by atoms with Crippen LogP contribution in [0.4, 0.5) is 10.3 Å². The van der Waals surface area contributed by atoms with E-state index in [1.807, 2.05) is 6.07 Å². The molecule has 1 atom stereocenters. The van der Waals surface area contributed by atoms with Crippen molar-refractivity contribution in [3.8, 4) is 11.5 Å². The van der Waals surface area contributed by atoms with E-state index in [1.165, 1.54) is 12.1 Å². The minimum Gasteiger partial charge on any atom is -0.454 e. The molecule has 1 amide bonds. The van der Waals surface area contributed by atoms with Gasteiger partial charge in [-0.3, -0.25) is 4.79 Å². The summed E-state index contributed by atoms with van der Waals surface area (Å²) in [6.45, 7) is 1.44. The van der Waals surface area contributed by atoms with Crippen molar-refractivity contribution < 1.29 is 18.8 Å². The lowest BCUT2D eigenvalue weighted by molar-refractivity contribution is -0.394. The summed E-state index contributed by atoms with van der Waals surface area (Å²) in [5, 5.41) is 16.8. The van der Waals surface area contributed by atoms with Crippen molar-refractivity contribution in [1.29, 1.82) is 0 Å². The van der Waals surface area contributed by atoms with Crippen molar-refractivity contribution in [1.82, 2.24) is 20.1 Å². The molecule has 9 nitrogen and oxygen atoms in total. The van der Waals surface area contributed by atoms with Crippen LogP contribution in [0.1, 0.15) is 18.5 Å². The zero-order valence-electron chi connectivity index (χ0n) is 14.8. The van der Waals surface area contributed by atoms with E-state index in [0.717, 1.165) is 11.0 Å². The Bertz CT molecular complexity index is 993. The van der Waals surface area contributed by atoms with Crippen LogP contribution in [0.15, 0.2) is 54.9 Å². The minimum atomic E-state index is -0.751. The van der Waals surface area contributed by atoms with Crippen LogP contribution in [0, 0.1) is 15.9 Å². The molecule has 0 aliphatic rings. The van der Waals surface area contributed by atoms with Crippen molar-refractivity contribution in [3.05, 3.63) is 76.4 Å². The molecule has 3 rings (SSSR count). The number of nitrogens with one attached hydrogen (secondary N) is 1. The Hall–Kier alpha value is -3.82. The fourth-order valence-electron chi connectivity index (χ4n) is 2.45. The Labute approximate surface area is 158 Å². The third kappa shape index (κ3) is 4.67. The third-order valence-corrected chi connectivity index (χ3v) is 3.80. The first kappa shape index (κ1) is 19.0. The van der Waals surface area contributed by atoms with Crippen LogP contribution >= 0.6 is 0 Å². The molecule has 10 heteroatoms. The van der Waals surface area contributed by atoms with Crippen LogP contribution in [0.2, 0.25) is 0 Å². The lowest BCUT2D eigenvalue weighted by Crippen LogP contribution is -2.30. The molecule has 1 heterocycles. The van der Waals surface area contributed by atoms with Crippen molar-refractivity contribution in [2.24, 2.45) is 0 Å². The minimum absolute atomic E-state index is 0.0726. The highest BCUT2D eigenvalue weighted by atomic mass is 19.1. The Kier molecular flexibility index (Phi) is 5.58. The largest absolute Gasteiger partial charge is 0.490 e. The number of hydrogen-bond acceptors (Lipinski definition) is 6. The number of carbonyl (C=O) groups is 1. The molecule has 0 spiro atoms. The first-order chi connectivity index (χ1) is 13.4. The second-order valence-electron chi connectivity index (χ2n) is 5.89. The summed E-state index contributed by atoms with van der Waals surface area (Å²) < 4.78 is 20.9. The summed E-state index contributed by atoms with van der Waals surface area (Å²) in [6, 6.07) is 12.7. The predicted molar refractivity (Wildman–Crippen MR) is 96.2 cm³/mol. The van der Waals surface area contributed by atoms with E-state index in [2.05, 4.69) is 15.4 Å². The maximum absolute atomic E-state index is 14.3. The van der Waals surface area contributed by atoms with Gasteiger partial charge < -0.3 is 20.2 Å². The van der Waals surface area contributed by atoms with E-state index in [-0.39, 0.29) is 12.3 Å². The van der Waals surface area contributed by atoms with Gasteiger partial charge in [-0.2, -0.15) is 4.68 Å². The number of nitrogens with zero attached hydrogens (tertiary/aromatic N) is 4. The lowest BCUT2D eigenvalue weighted by atomic mass is 10.1. The van der Waals surface area contributed by atoms with E-state index in [0.29, 0.717) is 11.3 Å². The van der Waals surface area contributed by atoms with Crippen LogP contribution in [-0.4, -0.2) is 25.6 Å². The molecule has 1 aromatic heterocycles. The van der Waals surface area contributed by atoms with Gasteiger partial charge in [0.25, 0.3) is 0 Å². The summed E-state index contributed by atoms with van der Waals surface area (Å²) in [7, 11) is 0. The Morgan fingerprint density at radius 2 is 2.07 bits per heavy atom. The summed E-state index contributed by atoms with van der Waals surface area (Å²) >= 11 is 0. The van der Waals surface area contributed by atoms with Crippen LogP contribution in [0.5, 0.6) is 11.5 Å². The van der Waals surface area contributed by atoms with Gasteiger partial charge >= 0.3 is 5.95 Å². The molecule has 0 fully saturated rings. The number of nitro groups is 1. The molecule has 3 aromatic rings. The highest BCUT2D eigenvalue weighted by molar-refractivity contribution is 5.76. The number of aromatic nitrogens is 3. The maximum atomic E-state index is 14.3. The third-order valence-electron chi connectivity index (χ3n) is 3.80. The van der Waals surface area contributed by atoms with Gasteiger partial charge in [0.15, 0.2) is 11.6 Å². The molecule has 2 aromatic carbocycles. The zero-order valence-corrected chi connectivity index (χ0v) is 14.8. The van der Waals surface area contributed by atoms with Crippen molar-refractivity contribution in [2.45, 2.75) is 19.5 Å². The summed E-state index contributed by atoms with van der Waals surface area (Å²) in [5.41, 5.74) is 0.538. The monoisotopic (exact) mass is 385 g/mol. The fourth-order valence-corrected chi connectivity index (χ4v) is 2.45. The number of halogens is 1. The standard InChI is InChI=1S/C18H16FN5O4/c1-12(21-17(25)10-23-11-20-18(22-23)24(26)27)13-7-8-16(15(19)9-13)28-14-5-3-2-4-6-14/h2-9,11-12H,10H2,1H3,(H,21,25). The molecule has 144 valence electrons. The van der Waals surface area contributed by atoms with Crippen molar-refractivity contribution in [3.63, 3.8) is 0 Å². The number of benzene rings is 2. The number of amides is 1. The highest BCUT2D eigenvalue weighted by Gasteiger charge is 2.17. The van der Waals surface area contributed by atoms with Gasteiger partial charge in [-0.25, -0.2) is 4.39 Å². The highest BCUT2D eigenvalue weighted by Crippen LogP contribution is 2.26. The van der Waals surface area contributed by atoms with E-state index in [1.54, 1.807) is 37.3 Å². The number of ether oxygens (including phenoxy) is 1. The quantitative estimate of drug-likeness (QED) is 0.494. The number of para-hydroxylation sites is 1. The first-order valence-corrected chi connectivity index (χ1v) is 8.28. The van der Waals surface area contributed by atoms with E-state index in [4.69, 9.17) is 4.74 Å². The topological polar surface area (TPSA) is 112 Å². The number of carbonyl (C=O) groups excluding carboxylic acids is 1. The average Bonchev–Trinajstić information content (AvgIpc) is 3.13. The molecule has 0 bridgehead atoms. The lowest BCUT2D eigenvalue weighted by Gasteiger charge is -2.15. The van der Waals surface area contributed by atoms with Gasteiger partial charge in [0.05, 0.1) is 6.04 Å². The average molecular weight is 385 g/mol. The van der Waals surface area contributed by atoms with Crippen LogP contribution < -0.4 is 10.1 Å². The Morgan fingerprint density at radius 1 is 1.32 bits per heavy atom. The molecule has 28 heavy (non-hydrogen) atoms. The molecule has 0 radical (unpaired) electrons. The van der Waals surface area contributed by atoms with Crippen LogP contribution in [0.25, 0.3) is 0 Å². The predicted octanol–water partition coefficient (Wildman–Crippen LogP) is 3.00. The number of hydrogen-bond donors (Lipinski definition) is 1. The molecule has 0 aliphatic carbocycles. The Morgan fingerprint density at radius 3 is 2.71 bits per heavy atom. The van der Waals surface area contributed by atoms with Crippen LogP contribution in [-0.2, 0) is 11.3 Å². The normalized spacial score (nSPS) is 11.6. The van der Waals surface area contributed by atoms with Gasteiger partial charge in [-0.05, 0) is 41.7 Å². The fraction of sp³-hybridized carbons (Fsp3) is 0.167. The molecule has 1 unspecified atom stereocenters. The molecule has 0 saturated carbocycles. The summed E-state index contributed by atoms with van der Waals surface area (Å²) in [6.07, 6.45) is 1.10. The molecule has 0 aliphatic heterocycles. The Balaban J connectivity index is 1.61. The van der Waals surface area contributed by atoms with Gasteiger partial charge in [-0.1, -0.05) is 29.2 Å². The first-order valence-electron chi connectivity index (χ1n) is 8.28. The second kappa shape index (κ2) is 8.25. The second-order valence-corrected chi connectivity index (χ2v) is 5.89. The van der Waals surface area contributed by atoms with Gasteiger partial charge in [-0.15, -0.1) is 0 Å². The van der Waals surface area contributed by atoms with E-state index >= 15 is 0 Å². The van der Waals surface area contributed by atoms with Crippen molar-refractivity contribution in [2.75, 3.05) is 0 Å². The van der Waals surface area contributed by atoms with Gasteiger partial charge in [0.2, 0.25) is 12.2 Å². The maximum Gasteiger partial charge on any atom is 0.490 e. The summed E-state index contributed by atoms with van der Waals surface area (Å²) in [5.74, 6) is -1.01. The van der Waals surface area contributed by atoms with Gasteiger partial charge in [0, 0.05) is 5.10 Å². The SMILES string of the molecule is CC(NC(=O)Cn1cnc([N+](=O)[O-])n1)c1ccc(Oc2ccccc2)c(F)c1. The molecular weight excluding hydrogens is 369 g/mol. The van der Waals surface area contributed by atoms with E-state index < -0.39 is 28.6 Å². The van der Waals surface area contributed by atoms with Crippen molar-refractivity contribution >= 4 is 11.9 Å². The smallest absolute Gasteiger partial charge is 0.454 e.